The third-order valence-electron chi connectivity index (χ3n) is 14.5. The lowest BCUT2D eigenvalue weighted by Crippen LogP contribution is -2.68. The molecule has 434 valence electrons. The fourth-order valence-electron chi connectivity index (χ4n) is 9.89. The first-order chi connectivity index (χ1) is 35.7. The SMILES string of the molecule is CCCCCCCCCCCCC/C=C/[C@@H](O)[C@H](CO[C@@H]1OC(CO)[C@@H](O[C@@H]2OC(CO)[C@H](O[C@@H]3OC(CO)[C@H](O)[C@H](O)C3NC(C)=O)[C@H](O)C2O)[C@H](O)C1O)NC(=O)CCCCCCCCCCCCCCC. The number of ether oxygens (including phenoxy) is 6. The zero-order valence-corrected chi connectivity index (χ0v) is 44.9. The number of carbonyl (C=O) groups is 2. The lowest BCUT2D eigenvalue weighted by molar-refractivity contribution is -0.374. The minimum Gasteiger partial charge on any atom is -0.394 e. The van der Waals surface area contributed by atoms with Crippen LogP contribution in [0.3, 0.4) is 0 Å². The molecule has 3 heterocycles. The monoisotopic (exact) mass is 1060 g/mol. The fourth-order valence-corrected chi connectivity index (χ4v) is 9.89. The number of carbonyl (C=O) groups excluding carboxylic acids is 2. The number of aliphatic hydroxyl groups is 10. The molecule has 0 aromatic rings. The first kappa shape index (κ1) is 66.3. The standard InChI is InChI=1S/C54H100N2O18/c1-4-6-8-10-12-14-16-18-20-22-24-26-28-30-38(61)37(56-42(62)31-29-27-25-23-21-19-17-15-13-11-9-7-5-2)35-69-53-48(67)46(65)51(40(33-58)71-53)74-54-49(68)47(66)50(41(34-59)72-54)73-52-43(55-36(3)60)45(64)44(63)39(32-57)70-52/h28,30,37-41,43-54,57-59,61,63-68H,4-27,29,31-35H2,1-3H3,(H,55,60)(H,56,62)/b30-28+/t37-,38+,39?,40?,41?,43?,44-,45+,46+,47+,48?,49?,50-,51+,52-,53+,54-/m0/s1. The summed E-state index contributed by atoms with van der Waals surface area (Å²) in [5.74, 6) is -0.926. The number of amides is 2. The van der Waals surface area contributed by atoms with Crippen LogP contribution in [0.4, 0.5) is 0 Å². The molecule has 74 heavy (non-hydrogen) atoms. The van der Waals surface area contributed by atoms with Crippen molar-refractivity contribution in [2.45, 2.75) is 292 Å². The molecule has 0 aliphatic carbocycles. The van der Waals surface area contributed by atoms with E-state index in [9.17, 15) is 60.7 Å². The summed E-state index contributed by atoms with van der Waals surface area (Å²) in [6.45, 7) is 2.80. The van der Waals surface area contributed by atoms with Gasteiger partial charge >= 0.3 is 0 Å². The molecule has 2 amide bonds. The highest BCUT2D eigenvalue weighted by Gasteiger charge is 2.54. The average molecular weight is 1070 g/mol. The lowest BCUT2D eigenvalue weighted by Gasteiger charge is -2.48. The van der Waals surface area contributed by atoms with Gasteiger partial charge in [0.05, 0.1) is 38.6 Å². The lowest BCUT2D eigenvalue weighted by atomic mass is 9.95. The van der Waals surface area contributed by atoms with E-state index in [0.717, 1.165) is 51.9 Å². The zero-order valence-electron chi connectivity index (χ0n) is 44.9. The Bertz CT molecular complexity index is 1480. The van der Waals surface area contributed by atoms with Crippen LogP contribution in [0.5, 0.6) is 0 Å². The summed E-state index contributed by atoms with van der Waals surface area (Å²) in [5, 5.41) is 113. The van der Waals surface area contributed by atoms with E-state index in [2.05, 4.69) is 24.5 Å². The number of hydrogen-bond donors (Lipinski definition) is 12. The molecule has 20 nitrogen and oxygen atoms in total. The summed E-state index contributed by atoms with van der Waals surface area (Å²) in [6.07, 6.45) is 8.28. The van der Waals surface area contributed by atoms with E-state index >= 15 is 0 Å². The fraction of sp³-hybridized carbons (Fsp3) is 0.926. The highest BCUT2D eigenvalue weighted by atomic mass is 16.8. The summed E-state index contributed by atoms with van der Waals surface area (Å²) in [4.78, 5) is 25.2. The molecule has 0 aromatic carbocycles. The number of allylic oxidation sites excluding steroid dienone is 1. The van der Waals surface area contributed by atoms with Crippen LogP contribution >= 0.6 is 0 Å². The largest absolute Gasteiger partial charge is 0.394 e. The number of unbranched alkanes of at least 4 members (excludes halogenated alkanes) is 23. The van der Waals surface area contributed by atoms with Gasteiger partial charge in [0.15, 0.2) is 18.9 Å². The van der Waals surface area contributed by atoms with Gasteiger partial charge in [-0.15, -0.1) is 0 Å². The van der Waals surface area contributed by atoms with E-state index in [4.69, 9.17) is 28.4 Å². The summed E-state index contributed by atoms with van der Waals surface area (Å²) in [5.41, 5.74) is 0. The molecule has 3 aliphatic rings. The van der Waals surface area contributed by atoms with Crippen LogP contribution in [0.1, 0.15) is 188 Å². The maximum Gasteiger partial charge on any atom is 0.220 e. The van der Waals surface area contributed by atoms with Gasteiger partial charge in [-0.2, -0.15) is 0 Å². The molecule has 20 heteroatoms. The summed E-state index contributed by atoms with van der Waals surface area (Å²) in [6, 6.07) is -2.40. The van der Waals surface area contributed by atoms with E-state index in [1.54, 1.807) is 6.08 Å². The van der Waals surface area contributed by atoms with E-state index in [1.807, 2.05) is 6.08 Å². The minimum atomic E-state index is -1.99. The predicted octanol–water partition coefficient (Wildman–Crippen LogP) is 3.18. The molecule has 3 rings (SSSR count). The van der Waals surface area contributed by atoms with Gasteiger partial charge in [-0.05, 0) is 19.3 Å². The van der Waals surface area contributed by atoms with Gasteiger partial charge in [-0.1, -0.05) is 167 Å². The highest BCUT2D eigenvalue weighted by Crippen LogP contribution is 2.33. The van der Waals surface area contributed by atoms with Crippen molar-refractivity contribution < 1.29 is 89.1 Å². The van der Waals surface area contributed by atoms with Crippen molar-refractivity contribution in [2.24, 2.45) is 0 Å². The quantitative estimate of drug-likeness (QED) is 0.0310. The van der Waals surface area contributed by atoms with Crippen molar-refractivity contribution in [2.75, 3.05) is 26.4 Å². The molecule has 0 radical (unpaired) electrons. The first-order valence-electron chi connectivity index (χ1n) is 28.4. The zero-order chi connectivity index (χ0) is 54.3. The van der Waals surface area contributed by atoms with Gasteiger partial charge < -0.3 is 90.1 Å². The minimum absolute atomic E-state index is 0.244. The Morgan fingerprint density at radius 3 is 1.42 bits per heavy atom. The smallest absolute Gasteiger partial charge is 0.220 e. The second-order valence-corrected chi connectivity index (χ2v) is 20.8. The first-order valence-corrected chi connectivity index (χ1v) is 28.4. The van der Waals surface area contributed by atoms with Crippen LogP contribution in [-0.2, 0) is 38.0 Å². The molecule has 6 unspecified atom stereocenters. The number of rotatable bonds is 40. The number of nitrogens with one attached hydrogen (secondary N) is 2. The van der Waals surface area contributed by atoms with Crippen LogP contribution in [-0.4, -0.2) is 194 Å². The number of hydrogen-bond acceptors (Lipinski definition) is 18. The molecule has 3 saturated heterocycles. The summed E-state index contributed by atoms with van der Waals surface area (Å²) in [7, 11) is 0. The molecule has 0 aromatic heterocycles. The van der Waals surface area contributed by atoms with E-state index in [-0.39, 0.29) is 18.9 Å². The Kier molecular flexibility index (Phi) is 34.6. The van der Waals surface area contributed by atoms with Gasteiger partial charge in [0, 0.05) is 13.3 Å². The molecule has 3 fully saturated rings. The van der Waals surface area contributed by atoms with Crippen molar-refractivity contribution in [3.63, 3.8) is 0 Å². The van der Waals surface area contributed by atoms with Crippen molar-refractivity contribution in [3.8, 4) is 0 Å². The maximum absolute atomic E-state index is 13.3. The average Bonchev–Trinajstić information content (AvgIpc) is 3.38. The van der Waals surface area contributed by atoms with Gasteiger partial charge in [0.25, 0.3) is 0 Å². The topological polar surface area (TPSA) is 316 Å². The van der Waals surface area contributed by atoms with Crippen molar-refractivity contribution in [1.29, 1.82) is 0 Å². The van der Waals surface area contributed by atoms with E-state index in [1.165, 1.54) is 109 Å². The molecule has 0 bridgehead atoms. The van der Waals surface area contributed by atoms with Crippen LogP contribution in [0.25, 0.3) is 0 Å². The van der Waals surface area contributed by atoms with E-state index < -0.39 is 130 Å². The van der Waals surface area contributed by atoms with Crippen molar-refractivity contribution >= 4 is 11.8 Å². The Labute approximate surface area is 440 Å². The van der Waals surface area contributed by atoms with Gasteiger partial charge in [0.2, 0.25) is 11.8 Å². The molecular weight excluding hydrogens is 965 g/mol. The van der Waals surface area contributed by atoms with Crippen LogP contribution in [0.15, 0.2) is 12.2 Å². The van der Waals surface area contributed by atoms with Crippen molar-refractivity contribution in [3.05, 3.63) is 12.2 Å². The maximum atomic E-state index is 13.3. The highest BCUT2D eigenvalue weighted by molar-refractivity contribution is 5.76. The van der Waals surface area contributed by atoms with Gasteiger partial charge in [-0.3, -0.25) is 9.59 Å². The molecular formula is C54H100N2O18. The van der Waals surface area contributed by atoms with Gasteiger partial charge in [-0.25, -0.2) is 0 Å². The van der Waals surface area contributed by atoms with Crippen LogP contribution < -0.4 is 10.6 Å². The third kappa shape index (κ3) is 23.6. The van der Waals surface area contributed by atoms with Gasteiger partial charge in [0.1, 0.15) is 73.2 Å². The van der Waals surface area contributed by atoms with E-state index in [0.29, 0.717) is 6.42 Å². The number of aliphatic hydroxyl groups excluding tert-OH is 10. The van der Waals surface area contributed by atoms with Crippen molar-refractivity contribution in [1.82, 2.24) is 10.6 Å². The molecule has 0 saturated carbocycles. The third-order valence-corrected chi connectivity index (χ3v) is 14.5. The molecule has 3 aliphatic heterocycles. The second-order valence-electron chi connectivity index (χ2n) is 20.8. The molecule has 0 spiro atoms. The normalized spacial score (nSPS) is 31.4. The molecule has 12 N–H and O–H groups in total. The second kappa shape index (κ2) is 38.6. The van der Waals surface area contributed by atoms with Crippen LogP contribution in [0.2, 0.25) is 0 Å². The Hall–Kier alpha value is -1.96. The summed E-state index contributed by atoms with van der Waals surface area (Å²) >= 11 is 0. The Balaban J connectivity index is 1.58. The summed E-state index contributed by atoms with van der Waals surface area (Å²) < 4.78 is 34.8. The Morgan fingerprint density at radius 1 is 0.527 bits per heavy atom. The van der Waals surface area contributed by atoms with Crippen LogP contribution in [0, 0.1) is 0 Å². The predicted molar refractivity (Wildman–Crippen MR) is 275 cm³/mol. The Morgan fingerprint density at radius 2 is 0.946 bits per heavy atom. The molecule has 17 atom stereocenters.